The largest absolute Gasteiger partial charge is 0.497 e. The topological polar surface area (TPSA) is 145 Å². The van der Waals surface area contributed by atoms with Crippen molar-refractivity contribution in [2.45, 2.75) is 35.6 Å². The molecule has 0 radical (unpaired) electrons. The molecule has 34 heavy (non-hydrogen) atoms. The molecule has 1 aliphatic heterocycles. The second-order valence-electron chi connectivity index (χ2n) is 7.55. The zero-order valence-corrected chi connectivity index (χ0v) is 19.5. The number of nitro benzene ring substituents is 1. The Morgan fingerprint density at radius 1 is 1.15 bits per heavy atom. The standard InChI is InChI=1S/C22H25N3O8S/c1-3-33-22(27)24-12-10-16(11-13-24)23-21(26)15-4-9-20(19(14-15)25(28)29)34(30,31)18-7-5-17(32-2)6-8-18/h4-9,14,16H,3,10-13H2,1-2H3,(H,23,26). The van der Waals surface area contributed by atoms with Gasteiger partial charge < -0.3 is 19.7 Å². The molecule has 1 fully saturated rings. The van der Waals surface area contributed by atoms with Crippen LogP contribution in [0.25, 0.3) is 0 Å². The Balaban J connectivity index is 1.77. The van der Waals surface area contributed by atoms with Crippen molar-refractivity contribution in [3.8, 4) is 5.75 Å². The van der Waals surface area contributed by atoms with Crippen molar-refractivity contribution in [3.63, 3.8) is 0 Å². The highest BCUT2D eigenvalue weighted by atomic mass is 32.2. The SMILES string of the molecule is CCOC(=O)N1CCC(NC(=O)c2ccc(S(=O)(=O)c3ccc(OC)cc3)c([N+](=O)[O-])c2)CC1. The van der Waals surface area contributed by atoms with Crippen molar-refractivity contribution in [2.75, 3.05) is 26.8 Å². The number of nitro groups is 1. The van der Waals surface area contributed by atoms with E-state index in [1.165, 1.54) is 37.4 Å². The number of hydrogen-bond acceptors (Lipinski definition) is 8. The van der Waals surface area contributed by atoms with Crippen LogP contribution in [0, 0.1) is 10.1 Å². The molecule has 0 atom stereocenters. The Morgan fingerprint density at radius 2 is 1.79 bits per heavy atom. The number of amides is 2. The number of methoxy groups -OCH3 is 1. The van der Waals surface area contributed by atoms with Crippen LogP contribution in [-0.2, 0) is 14.6 Å². The third-order valence-electron chi connectivity index (χ3n) is 5.43. The Labute approximate surface area is 196 Å². The molecule has 0 spiro atoms. The van der Waals surface area contributed by atoms with E-state index >= 15 is 0 Å². The summed E-state index contributed by atoms with van der Waals surface area (Å²) in [5, 5.41) is 14.4. The monoisotopic (exact) mass is 491 g/mol. The van der Waals surface area contributed by atoms with Crippen LogP contribution >= 0.6 is 0 Å². The average Bonchev–Trinajstić information content (AvgIpc) is 2.84. The third kappa shape index (κ3) is 5.45. The molecule has 2 aromatic carbocycles. The maximum Gasteiger partial charge on any atom is 0.409 e. The molecule has 0 aliphatic carbocycles. The first-order chi connectivity index (χ1) is 16.2. The summed E-state index contributed by atoms with van der Waals surface area (Å²) in [6.45, 7) is 2.81. The fraction of sp³-hybridized carbons (Fsp3) is 0.364. The smallest absolute Gasteiger partial charge is 0.409 e. The highest BCUT2D eigenvalue weighted by molar-refractivity contribution is 7.91. The fourth-order valence-corrected chi connectivity index (χ4v) is 5.00. The molecule has 11 nitrogen and oxygen atoms in total. The lowest BCUT2D eigenvalue weighted by molar-refractivity contribution is -0.387. The van der Waals surface area contributed by atoms with Crippen molar-refractivity contribution >= 4 is 27.5 Å². The number of carbonyl (C=O) groups excluding carboxylic acids is 2. The van der Waals surface area contributed by atoms with Gasteiger partial charge in [-0.25, -0.2) is 13.2 Å². The van der Waals surface area contributed by atoms with E-state index in [4.69, 9.17) is 9.47 Å². The first-order valence-electron chi connectivity index (χ1n) is 10.6. The van der Waals surface area contributed by atoms with E-state index in [9.17, 15) is 28.1 Å². The van der Waals surface area contributed by atoms with E-state index in [0.717, 1.165) is 12.1 Å². The van der Waals surface area contributed by atoms with Gasteiger partial charge in [-0.2, -0.15) is 0 Å². The van der Waals surface area contributed by atoms with Gasteiger partial charge in [-0.15, -0.1) is 0 Å². The molecule has 0 saturated carbocycles. The Bertz CT molecular complexity index is 1170. The lowest BCUT2D eigenvalue weighted by Gasteiger charge is -2.31. The second-order valence-corrected chi connectivity index (χ2v) is 9.47. The number of piperidine rings is 1. The molecule has 12 heteroatoms. The fourth-order valence-electron chi connectivity index (χ4n) is 3.60. The lowest BCUT2D eigenvalue weighted by Crippen LogP contribution is -2.46. The van der Waals surface area contributed by atoms with Crippen LogP contribution in [-0.4, -0.2) is 63.1 Å². The quantitative estimate of drug-likeness (QED) is 0.460. The van der Waals surface area contributed by atoms with E-state index < -0.39 is 37.3 Å². The van der Waals surface area contributed by atoms with Crippen molar-refractivity contribution in [1.82, 2.24) is 10.2 Å². The average molecular weight is 492 g/mol. The number of carbonyl (C=O) groups is 2. The Hall–Kier alpha value is -3.67. The minimum absolute atomic E-state index is 0.0341. The van der Waals surface area contributed by atoms with Gasteiger partial charge in [-0.1, -0.05) is 0 Å². The lowest BCUT2D eigenvalue weighted by atomic mass is 10.0. The van der Waals surface area contributed by atoms with Gasteiger partial charge in [0.25, 0.3) is 11.6 Å². The normalized spacial score (nSPS) is 14.4. The molecular formula is C22H25N3O8S. The molecule has 2 amide bonds. The van der Waals surface area contributed by atoms with Gasteiger partial charge in [0.15, 0.2) is 0 Å². The van der Waals surface area contributed by atoms with Gasteiger partial charge in [-0.05, 0) is 56.2 Å². The first kappa shape index (κ1) is 25.0. The predicted octanol–water partition coefficient (Wildman–Crippen LogP) is 2.79. The minimum Gasteiger partial charge on any atom is -0.497 e. The molecule has 3 rings (SSSR count). The molecule has 1 heterocycles. The van der Waals surface area contributed by atoms with Gasteiger partial charge >= 0.3 is 6.09 Å². The van der Waals surface area contributed by atoms with E-state index in [0.29, 0.717) is 31.7 Å². The van der Waals surface area contributed by atoms with Crippen LogP contribution in [0.4, 0.5) is 10.5 Å². The summed E-state index contributed by atoms with van der Waals surface area (Å²) in [4.78, 5) is 36.2. The second kappa shape index (κ2) is 10.5. The predicted molar refractivity (Wildman–Crippen MR) is 121 cm³/mol. The number of rotatable bonds is 7. The van der Waals surface area contributed by atoms with Gasteiger partial charge in [0.2, 0.25) is 9.84 Å². The summed E-state index contributed by atoms with van der Waals surface area (Å²) >= 11 is 0. The third-order valence-corrected chi connectivity index (χ3v) is 7.25. The summed E-state index contributed by atoms with van der Waals surface area (Å²) in [5.41, 5.74) is -0.728. The molecule has 182 valence electrons. The Kier molecular flexibility index (Phi) is 7.72. The molecule has 1 aliphatic rings. The maximum atomic E-state index is 13.0. The van der Waals surface area contributed by atoms with E-state index in [-0.39, 0.29) is 23.1 Å². The van der Waals surface area contributed by atoms with Crippen LogP contribution in [0.2, 0.25) is 0 Å². The number of benzene rings is 2. The van der Waals surface area contributed by atoms with Crippen LogP contribution in [0.3, 0.4) is 0 Å². The van der Waals surface area contributed by atoms with E-state index in [1.54, 1.807) is 11.8 Å². The molecule has 0 unspecified atom stereocenters. The van der Waals surface area contributed by atoms with Gasteiger partial charge in [0.05, 0.1) is 23.5 Å². The molecule has 1 saturated heterocycles. The van der Waals surface area contributed by atoms with Crippen LogP contribution in [0.5, 0.6) is 5.75 Å². The molecule has 0 aromatic heterocycles. The van der Waals surface area contributed by atoms with Crippen molar-refractivity contribution in [3.05, 3.63) is 58.1 Å². The van der Waals surface area contributed by atoms with Crippen molar-refractivity contribution < 1.29 is 32.4 Å². The summed E-state index contributed by atoms with van der Waals surface area (Å²) in [5.74, 6) is -0.125. The van der Waals surface area contributed by atoms with Gasteiger partial charge in [0, 0.05) is 30.8 Å². The summed E-state index contributed by atoms with van der Waals surface area (Å²) in [6.07, 6.45) is 0.587. The molecular weight excluding hydrogens is 466 g/mol. The maximum absolute atomic E-state index is 13.0. The number of ether oxygens (including phenoxy) is 2. The van der Waals surface area contributed by atoms with E-state index in [1.807, 2.05) is 0 Å². The van der Waals surface area contributed by atoms with Crippen LogP contribution in [0.1, 0.15) is 30.1 Å². The number of likely N-dealkylation sites (tertiary alicyclic amines) is 1. The zero-order chi connectivity index (χ0) is 24.9. The van der Waals surface area contributed by atoms with Gasteiger partial charge in [-0.3, -0.25) is 14.9 Å². The molecule has 2 aromatic rings. The van der Waals surface area contributed by atoms with Gasteiger partial charge in [0.1, 0.15) is 10.6 Å². The van der Waals surface area contributed by atoms with E-state index in [2.05, 4.69) is 5.32 Å². The minimum atomic E-state index is -4.21. The summed E-state index contributed by atoms with van der Waals surface area (Å²) in [7, 11) is -2.77. The van der Waals surface area contributed by atoms with Crippen LogP contribution < -0.4 is 10.1 Å². The zero-order valence-electron chi connectivity index (χ0n) is 18.7. The number of hydrogen-bond donors (Lipinski definition) is 1. The Morgan fingerprint density at radius 3 is 2.35 bits per heavy atom. The summed E-state index contributed by atoms with van der Waals surface area (Å²) in [6, 6.07) is 8.49. The van der Waals surface area contributed by atoms with Crippen molar-refractivity contribution in [1.29, 1.82) is 0 Å². The number of nitrogens with one attached hydrogen (secondary N) is 1. The molecule has 1 N–H and O–H groups in total. The highest BCUT2D eigenvalue weighted by Crippen LogP contribution is 2.31. The molecule has 0 bridgehead atoms. The summed E-state index contributed by atoms with van der Waals surface area (Å²) < 4.78 is 36.0. The van der Waals surface area contributed by atoms with Crippen molar-refractivity contribution in [2.24, 2.45) is 0 Å². The first-order valence-corrected chi connectivity index (χ1v) is 12.1. The number of sulfone groups is 1. The highest BCUT2D eigenvalue weighted by Gasteiger charge is 2.30. The number of nitrogens with zero attached hydrogens (tertiary/aromatic N) is 2. The van der Waals surface area contributed by atoms with Crippen LogP contribution in [0.15, 0.2) is 52.3 Å².